The molecule has 3 aromatic rings. The van der Waals surface area contributed by atoms with Gasteiger partial charge in [0.2, 0.25) is 0 Å². The summed E-state index contributed by atoms with van der Waals surface area (Å²) in [5.41, 5.74) is 1.86. The molecule has 4 rings (SSSR count). The lowest BCUT2D eigenvalue weighted by atomic mass is 9.93. The van der Waals surface area contributed by atoms with Crippen molar-refractivity contribution >= 4 is 28.2 Å². The predicted molar refractivity (Wildman–Crippen MR) is 102 cm³/mol. The van der Waals surface area contributed by atoms with Crippen LogP contribution in [0.25, 0.3) is 22.0 Å². The van der Waals surface area contributed by atoms with Crippen LogP contribution in [0.2, 0.25) is 5.02 Å². The number of hydrogen-bond donors (Lipinski definition) is 2. The van der Waals surface area contributed by atoms with Gasteiger partial charge in [-0.15, -0.1) is 10.2 Å². The maximum Gasteiger partial charge on any atom is 0.156 e. The lowest BCUT2D eigenvalue weighted by molar-refractivity contribution is 0.126. The Bertz CT molecular complexity index is 874. The van der Waals surface area contributed by atoms with Crippen LogP contribution in [0.4, 0.5) is 5.82 Å². The molecule has 1 aromatic heterocycles. The van der Waals surface area contributed by atoms with Crippen LogP contribution in [0, 0.1) is 0 Å². The van der Waals surface area contributed by atoms with E-state index in [1.807, 2.05) is 36.4 Å². The molecule has 0 amide bonds. The topological polar surface area (TPSA) is 58.0 Å². The van der Waals surface area contributed by atoms with Crippen molar-refractivity contribution in [2.24, 2.45) is 0 Å². The van der Waals surface area contributed by atoms with E-state index in [2.05, 4.69) is 27.6 Å². The van der Waals surface area contributed by atoms with Gasteiger partial charge in [0.1, 0.15) is 5.69 Å². The number of halogens is 1. The smallest absolute Gasteiger partial charge is 0.156 e. The maximum atomic E-state index is 9.68. The Kier molecular flexibility index (Phi) is 4.55. The number of nitrogens with zero attached hydrogens (tertiary/aromatic N) is 2. The molecule has 1 fully saturated rings. The zero-order chi connectivity index (χ0) is 17.2. The van der Waals surface area contributed by atoms with Crippen LogP contribution in [0.3, 0.4) is 0 Å². The third-order valence-electron chi connectivity index (χ3n) is 4.84. The fraction of sp³-hybridized carbons (Fsp3) is 0.300. The number of aliphatic hydroxyl groups is 1. The highest BCUT2D eigenvalue weighted by Crippen LogP contribution is 2.31. The van der Waals surface area contributed by atoms with Crippen molar-refractivity contribution in [2.75, 3.05) is 5.32 Å². The first-order valence-electron chi connectivity index (χ1n) is 8.66. The van der Waals surface area contributed by atoms with E-state index in [0.29, 0.717) is 11.1 Å². The van der Waals surface area contributed by atoms with Crippen LogP contribution in [-0.2, 0) is 0 Å². The number of benzene rings is 2. The Morgan fingerprint density at radius 3 is 2.28 bits per heavy atom. The molecule has 5 heteroatoms. The summed E-state index contributed by atoms with van der Waals surface area (Å²) in [6.07, 6.45) is 3.43. The summed E-state index contributed by atoms with van der Waals surface area (Å²) in [5.74, 6) is 0.815. The second-order valence-corrected chi connectivity index (χ2v) is 7.04. The van der Waals surface area contributed by atoms with Crippen LogP contribution in [0.5, 0.6) is 0 Å². The van der Waals surface area contributed by atoms with Gasteiger partial charge in [0.25, 0.3) is 0 Å². The predicted octanol–water partition coefficient (Wildman–Crippen LogP) is 4.67. The van der Waals surface area contributed by atoms with E-state index in [0.717, 1.165) is 53.5 Å². The van der Waals surface area contributed by atoms with Gasteiger partial charge < -0.3 is 10.4 Å². The monoisotopic (exact) mass is 353 g/mol. The van der Waals surface area contributed by atoms with Gasteiger partial charge in [0, 0.05) is 27.4 Å². The average molecular weight is 354 g/mol. The van der Waals surface area contributed by atoms with Crippen molar-refractivity contribution in [1.82, 2.24) is 10.2 Å². The van der Waals surface area contributed by atoms with Gasteiger partial charge in [-0.1, -0.05) is 48.0 Å². The van der Waals surface area contributed by atoms with Crippen molar-refractivity contribution in [3.63, 3.8) is 0 Å². The van der Waals surface area contributed by atoms with Crippen molar-refractivity contribution in [3.8, 4) is 11.3 Å². The van der Waals surface area contributed by atoms with E-state index < -0.39 is 0 Å². The molecular formula is C20H20ClN3O. The van der Waals surface area contributed by atoms with Crippen molar-refractivity contribution in [1.29, 1.82) is 0 Å². The maximum absolute atomic E-state index is 9.68. The van der Waals surface area contributed by atoms with Crippen molar-refractivity contribution in [2.45, 2.75) is 37.8 Å². The van der Waals surface area contributed by atoms with E-state index in [1.54, 1.807) is 0 Å². The number of aromatic nitrogens is 2. The molecule has 0 atom stereocenters. The quantitative estimate of drug-likeness (QED) is 0.718. The molecule has 0 aliphatic heterocycles. The Hall–Kier alpha value is -2.17. The average Bonchev–Trinajstić information content (AvgIpc) is 2.65. The fourth-order valence-corrected chi connectivity index (χ4v) is 3.57. The number of nitrogens with one attached hydrogen (secondary N) is 1. The molecule has 2 N–H and O–H groups in total. The fourth-order valence-electron chi connectivity index (χ4n) is 3.44. The Morgan fingerprint density at radius 1 is 0.880 bits per heavy atom. The number of rotatable bonds is 3. The summed E-state index contributed by atoms with van der Waals surface area (Å²) in [6, 6.07) is 16.2. The molecule has 0 spiro atoms. The summed E-state index contributed by atoms with van der Waals surface area (Å²) in [6.45, 7) is 0. The summed E-state index contributed by atoms with van der Waals surface area (Å²) in [4.78, 5) is 0. The van der Waals surface area contributed by atoms with Gasteiger partial charge >= 0.3 is 0 Å². The van der Waals surface area contributed by atoms with Crippen molar-refractivity contribution < 1.29 is 5.11 Å². The number of hydrogen-bond acceptors (Lipinski definition) is 4. The molecule has 0 bridgehead atoms. The van der Waals surface area contributed by atoms with Crippen LogP contribution in [0.15, 0.2) is 48.5 Å². The zero-order valence-electron chi connectivity index (χ0n) is 13.8. The lowest BCUT2D eigenvalue weighted by Gasteiger charge is -2.27. The molecule has 4 nitrogen and oxygen atoms in total. The number of anilines is 1. The molecule has 1 heterocycles. The minimum atomic E-state index is -0.159. The molecule has 0 saturated heterocycles. The van der Waals surface area contributed by atoms with Gasteiger partial charge in [-0.3, -0.25) is 0 Å². The third-order valence-corrected chi connectivity index (χ3v) is 5.09. The van der Waals surface area contributed by atoms with Crippen molar-refractivity contribution in [3.05, 3.63) is 53.6 Å². The van der Waals surface area contributed by atoms with E-state index in [-0.39, 0.29) is 6.10 Å². The summed E-state index contributed by atoms with van der Waals surface area (Å²) in [5, 5.41) is 25.0. The lowest BCUT2D eigenvalue weighted by Crippen LogP contribution is -2.28. The van der Waals surface area contributed by atoms with E-state index in [1.165, 1.54) is 0 Å². The normalized spacial score (nSPS) is 20.6. The number of fused-ring (bicyclic) bond motifs is 1. The van der Waals surface area contributed by atoms with E-state index in [9.17, 15) is 5.11 Å². The molecule has 25 heavy (non-hydrogen) atoms. The molecule has 2 aromatic carbocycles. The largest absolute Gasteiger partial charge is 0.393 e. The number of aliphatic hydroxyl groups excluding tert-OH is 1. The molecule has 1 aliphatic carbocycles. The minimum Gasteiger partial charge on any atom is -0.393 e. The second kappa shape index (κ2) is 6.98. The second-order valence-electron chi connectivity index (χ2n) is 6.60. The van der Waals surface area contributed by atoms with Crippen LogP contribution in [-0.4, -0.2) is 27.4 Å². The minimum absolute atomic E-state index is 0.159. The first kappa shape index (κ1) is 16.3. The third kappa shape index (κ3) is 3.46. The van der Waals surface area contributed by atoms with E-state index in [4.69, 9.17) is 11.6 Å². The Balaban J connectivity index is 1.70. The molecular weight excluding hydrogens is 334 g/mol. The molecule has 0 unspecified atom stereocenters. The van der Waals surface area contributed by atoms with Gasteiger partial charge in [0.15, 0.2) is 5.82 Å². The van der Waals surface area contributed by atoms with Crippen LogP contribution in [0.1, 0.15) is 25.7 Å². The molecule has 128 valence electrons. The standard InChI is InChI=1S/C20H20ClN3O/c21-14-7-5-13(6-8-14)19-17-3-1-2-4-18(17)20(24-23-19)22-15-9-11-16(25)12-10-15/h1-8,15-16,25H,9-12H2,(H,22,24). The SMILES string of the molecule is OC1CCC(Nc2nnc(-c3ccc(Cl)cc3)c3ccccc23)CC1. The molecule has 1 aliphatic rings. The van der Waals surface area contributed by atoms with Gasteiger partial charge in [-0.25, -0.2) is 0 Å². The first-order chi connectivity index (χ1) is 12.2. The highest BCUT2D eigenvalue weighted by Gasteiger charge is 2.20. The first-order valence-corrected chi connectivity index (χ1v) is 9.04. The highest BCUT2D eigenvalue weighted by molar-refractivity contribution is 6.30. The van der Waals surface area contributed by atoms with E-state index >= 15 is 0 Å². The zero-order valence-corrected chi connectivity index (χ0v) is 14.6. The highest BCUT2D eigenvalue weighted by atomic mass is 35.5. The molecule has 0 radical (unpaired) electrons. The summed E-state index contributed by atoms with van der Waals surface area (Å²) < 4.78 is 0. The molecule has 1 saturated carbocycles. The van der Waals surface area contributed by atoms with Gasteiger partial charge in [0.05, 0.1) is 6.10 Å². The summed E-state index contributed by atoms with van der Waals surface area (Å²) in [7, 11) is 0. The van der Waals surface area contributed by atoms with Gasteiger partial charge in [-0.2, -0.15) is 0 Å². The van der Waals surface area contributed by atoms with Gasteiger partial charge in [-0.05, 0) is 37.8 Å². The Labute approximate surface area is 151 Å². The Morgan fingerprint density at radius 2 is 1.56 bits per heavy atom. The summed E-state index contributed by atoms with van der Waals surface area (Å²) >= 11 is 6.00. The van der Waals surface area contributed by atoms with Crippen LogP contribution < -0.4 is 5.32 Å². The van der Waals surface area contributed by atoms with Crippen LogP contribution >= 0.6 is 11.6 Å².